The standard InChI is InChI=1S/C19H18O2/c1-20-16-10-7-14(8-11-16)13-15-9-12-19(21-2)18-6-4-3-5-17(15)18/h3-12H,13H2,1-2H3. The van der Waals surface area contributed by atoms with E-state index >= 15 is 0 Å². The maximum Gasteiger partial charge on any atom is 0.126 e. The molecule has 0 spiro atoms. The van der Waals surface area contributed by atoms with Gasteiger partial charge < -0.3 is 9.47 Å². The molecule has 0 radical (unpaired) electrons. The highest BCUT2D eigenvalue weighted by Gasteiger charge is 2.06. The van der Waals surface area contributed by atoms with Gasteiger partial charge in [0.25, 0.3) is 0 Å². The minimum Gasteiger partial charge on any atom is -0.497 e. The largest absolute Gasteiger partial charge is 0.497 e. The zero-order valence-electron chi connectivity index (χ0n) is 12.3. The van der Waals surface area contributed by atoms with Crippen LogP contribution in [0.4, 0.5) is 0 Å². The Bertz CT molecular complexity index is 745. The van der Waals surface area contributed by atoms with E-state index in [1.54, 1.807) is 14.2 Å². The fourth-order valence-electron chi connectivity index (χ4n) is 2.63. The van der Waals surface area contributed by atoms with Crippen LogP contribution in [0.5, 0.6) is 11.5 Å². The second kappa shape index (κ2) is 5.88. The van der Waals surface area contributed by atoms with Crippen molar-refractivity contribution in [1.82, 2.24) is 0 Å². The molecule has 0 bridgehead atoms. The maximum absolute atomic E-state index is 5.45. The fourth-order valence-corrected chi connectivity index (χ4v) is 2.63. The van der Waals surface area contributed by atoms with Gasteiger partial charge >= 0.3 is 0 Å². The van der Waals surface area contributed by atoms with Crippen LogP contribution in [-0.4, -0.2) is 14.2 Å². The number of fused-ring (bicyclic) bond motifs is 1. The van der Waals surface area contributed by atoms with Gasteiger partial charge in [-0.1, -0.05) is 42.5 Å². The van der Waals surface area contributed by atoms with E-state index in [-0.39, 0.29) is 0 Å². The lowest BCUT2D eigenvalue weighted by Crippen LogP contribution is -1.93. The molecule has 0 atom stereocenters. The Morgan fingerprint density at radius 3 is 2.10 bits per heavy atom. The van der Waals surface area contributed by atoms with E-state index in [1.807, 2.05) is 24.3 Å². The number of ether oxygens (including phenoxy) is 2. The second-order valence-corrected chi connectivity index (χ2v) is 5.00. The molecule has 3 rings (SSSR count). The van der Waals surface area contributed by atoms with Crippen molar-refractivity contribution in [3.8, 4) is 11.5 Å². The molecular weight excluding hydrogens is 260 g/mol. The van der Waals surface area contributed by atoms with Crippen LogP contribution in [0.2, 0.25) is 0 Å². The highest BCUT2D eigenvalue weighted by atomic mass is 16.5. The lowest BCUT2D eigenvalue weighted by molar-refractivity contribution is 0.414. The molecule has 2 heteroatoms. The van der Waals surface area contributed by atoms with Gasteiger partial charge in [-0.3, -0.25) is 0 Å². The summed E-state index contributed by atoms with van der Waals surface area (Å²) in [6, 6.07) is 20.8. The lowest BCUT2D eigenvalue weighted by Gasteiger charge is -2.11. The molecule has 3 aromatic rings. The molecule has 0 saturated carbocycles. The van der Waals surface area contributed by atoms with Gasteiger partial charge in [-0.05, 0) is 41.1 Å². The first-order valence-electron chi connectivity index (χ1n) is 6.99. The van der Waals surface area contributed by atoms with Crippen molar-refractivity contribution in [3.63, 3.8) is 0 Å². The van der Waals surface area contributed by atoms with Crippen LogP contribution >= 0.6 is 0 Å². The van der Waals surface area contributed by atoms with Crippen molar-refractivity contribution in [3.05, 3.63) is 71.8 Å². The van der Waals surface area contributed by atoms with E-state index in [9.17, 15) is 0 Å². The summed E-state index contributed by atoms with van der Waals surface area (Å²) >= 11 is 0. The van der Waals surface area contributed by atoms with Gasteiger partial charge in [0.05, 0.1) is 14.2 Å². The summed E-state index contributed by atoms with van der Waals surface area (Å²) in [7, 11) is 3.40. The summed E-state index contributed by atoms with van der Waals surface area (Å²) in [6.45, 7) is 0. The van der Waals surface area contributed by atoms with E-state index in [4.69, 9.17) is 9.47 Å². The average molecular weight is 278 g/mol. The Morgan fingerprint density at radius 2 is 1.43 bits per heavy atom. The van der Waals surface area contributed by atoms with Gasteiger partial charge in [0.1, 0.15) is 11.5 Å². The van der Waals surface area contributed by atoms with E-state index in [2.05, 4.69) is 36.4 Å². The predicted molar refractivity (Wildman–Crippen MR) is 86.3 cm³/mol. The SMILES string of the molecule is COc1ccc(Cc2ccc(OC)c3ccccc23)cc1. The number of hydrogen-bond acceptors (Lipinski definition) is 2. The minimum absolute atomic E-state index is 0.887. The Labute approximate surface area is 124 Å². The first-order chi connectivity index (χ1) is 10.3. The number of hydrogen-bond donors (Lipinski definition) is 0. The third kappa shape index (κ3) is 2.70. The summed E-state index contributed by atoms with van der Waals surface area (Å²) in [6.07, 6.45) is 0.897. The van der Waals surface area contributed by atoms with Crippen LogP contribution in [0.25, 0.3) is 10.8 Å². The molecule has 0 aliphatic carbocycles. The van der Waals surface area contributed by atoms with Crippen LogP contribution in [-0.2, 0) is 6.42 Å². The summed E-state index contributed by atoms with van der Waals surface area (Å²) in [5.74, 6) is 1.81. The number of benzene rings is 3. The van der Waals surface area contributed by atoms with Gasteiger partial charge in [0, 0.05) is 5.39 Å². The second-order valence-electron chi connectivity index (χ2n) is 5.00. The molecule has 21 heavy (non-hydrogen) atoms. The maximum atomic E-state index is 5.45. The van der Waals surface area contributed by atoms with Gasteiger partial charge in [0.15, 0.2) is 0 Å². The summed E-state index contributed by atoms with van der Waals surface area (Å²) in [4.78, 5) is 0. The lowest BCUT2D eigenvalue weighted by atomic mass is 9.98. The van der Waals surface area contributed by atoms with Crippen molar-refractivity contribution >= 4 is 10.8 Å². The monoisotopic (exact) mass is 278 g/mol. The molecule has 2 nitrogen and oxygen atoms in total. The minimum atomic E-state index is 0.887. The molecular formula is C19H18O2. The van der Waals surface area contributed by atoms with Gasteiger partial charge in [-0.25, -0.2) is 0 Å². The summed E-state index contributed by atoms with van der Waals surface area (Å²) in [5, 5.41) is 2.40. The van der Waals surface area contributed by atoms with Crippen LogP contribution in [0.1, 0.15) is 11.1 Å². The Hall–Kier alpha value is -2.48. The van der Waals surface area contributed by atoms with Gasteiger partial charge in [0.2, 0.25) is 0 Å². The molecule has 0 aliphatic heterocycles. The molecule has 0 N–H and O–H groups in total. The highest BCUT2D eigenvalue weighted by Crippen LogP contribution is 2.29. The normalized spacial score (nSPS) is 10.6. The van der Waals surface area contributed by atoms with Crippen LogP contribution < -0.4 is 9.47 Å². The van der Waals surface area contributed by atoms with Crippen LogP contribution in [0.15, 0.2) is 60.7 Å². The van der Waals surface area contributed by atoms with Gasteiger partial charge in [-0.2, -0.15) is 0 Å². The summed E-state index contributed by atoms with van der Waals surface area (Å²) < 4.78 is 10.6. The molecule has 0 saturated heterocycles. The van der Waals surface area contributed by atoms with Crippen molar-refractivity contribution in [1.29, 1.82) is 0 Å². The Morgan fingerprint density at radius 1 is 0.714 bits per heavy atom. The molecule has 106 valence electrons. The molecule has 0 amide bonds. The third-order valence-electron chi connectivity index (χ3n) is 3.75. The molecule has 0 aliphatic rings. The smallest absolute Gasteiger partial charge is 0.126 e. The number of methoxy groups -OCH3 is 2. The first kappa shape index (κ1) is 13.5. The summed E-state index contributed by atoms with van der Waals surface area (Å²) in [5.41, 5.74) is 2.57. The first-order valence-corrected chi connectivity index (χ1v) is 6.99. The zero-order chi connectivity index (χ0) is 14.7. The number of rotatable bonds is 4. The average Bonchev–Trinajstić information content (AvgIpc) is 2.56. The third-order valence-corrected chi connectivity index (χ3v) is 3.75. The molecule has 0 heterocycles. The van der Waals surface area contributed by atoms with Crippen LogP contribution in [0, 0.1) is 0 Å². The van der Waals surface area contributed by atoms with Crippen molar-refractivity contribution in [2.24, 2.45) is 0 Å². The van der Waals surface area contributed by atoms with E-state index in [0.717, 1.165) is 23.3 Å². The van der Waals surface area contributed by atoms with Crippen molar-refractivity contribution in [2.45, 2.75) is 6.42 Å². The van der Waals surface area contributed by atoms with Crippen LogP contribution in [0.3, 0.4) is 0 Å². The molecule has 0 aromatic heterocycles. The van der Waals surface area contributed by atoms with E-state index in [0.29, 0.717) is 0 Å². The Kier molecular flexibility index (Phi) is 3.78. The zero-order valence-corrected chi connectivity index (χ0v) is 12.3. The van der Waals surface area contributed by atoms with E-state index in [1.165, 1.54) is 16.5 Å². The molecule has 0 unspecified atom stereocenters. The highest BCUT2D eigenvalue weighted by molar-refractivity contribution is 5.91. The molecule has 0 fully saturated rings. The quantitative estimate of drug-likeness (QED) is 0.702. The Balaban J connectivity index is 2.00. The predicted octanol–water partition coefficient (Wildman–Crippen LogP) is 4.45. The van der Waals surface area contributed by atoms with Crippen molar-refractivity contribution < 1.29 is 9.47 Å². The fraction of sp³-hybridized carbons (Fsp3) is 0.158. The van der Waals surface area contributed by atoms with Crippen molar-refractivity contribution in [2.75, 3.05) is 14.2 Å². The topological polar surface area (TPSA) is 18.5 Å². The van der Waals surface area contributed by atoms with E-state index < -0.39 is 0 Å². The van der Waals surface area contributed by atoms with Gasteiger partial charge in [-0.15, -0.1) is 0 Å². The molecule has 3 aromatic carbocycles.